The predicted octanol–water partition coefficient (Wildman–Crippen LogP) is 0.915. The van der Waals surface area contributed by atoms with Gasteiger partial charge in [0.25, 0.3) is 5.91 Å². The number of hydrogen-bond donors (Lipinski definition) is 2. The van der Waals surface area contributed by atoms with Crippen LogP contribution in [0.5, 0.6) is 11.5 Å². The highest BCUT2D eigenvalue weighted by atomic mass is 16.5. The van der Waals surface area contributed by atoms with E-state index in [9.17, 15) is 4.79 Å². The summed E-state index contributed by atoms with van der Waals surface area (Å²) in [5, 5.41) is 14.8. The third kappa shape index (κ3) is 2.62. The topological polar surface area (TPSA) is 80.2 Å². The van der Waals surface area contributed by atoms with E-state index in [2.05, 4.69) is 10.5 Å². The Morgan fingerprint density at radius 3 is 3.11 bits per heavy atom. The molecule has 1 aromatic carbocycles. The van der Waals surface area contributed by atoms with E-state index in [1.165, 1.54) is 0 Å². The van der Waals surface area contributed by atoms with Crippen molar-refractivity contribution < 1.29 is 19.5 Å². The maximum atomic E-state index is 11.5. The molecule has 6 heteroatoms. The van der Waals surface area contributed by atoms with Crippen LogP contribution in [-0.2, 0) is 4.79 Å². The van der Waals surface area contributed by atoms with Crippen LogP contribution in [0.3, 0.4) is 0 Å². The Hall–Kier alpha value is -2.24. The second kappa shape index (κ2) is 4.79. The summed E-state index contributed by atoms with van der Waals surface area (Å²) in [6.07, 6.45) is 2.11. The molecule has 0 saturated heterocycles. The Labute approximate surface area is 110 Å². The number of benzene rings is 1. The van der Waals surface area contributed by atoms with Crippen LogP contribution in [0.25, 0.3) is 0 Å². The molecular formula is C13H14N2O4. The average Bonchev–Trinajstić information content (AvgIpc) is 3.13. The highest BCUT2D eigenvalue weighted by Crippen LogP contribution is 2.29. The minimum absolute atomic E-state index is 0.00374. The lowest BCUT2D eigenvalue weighted by atomic mass is 10.1. The lowest BCUT2D eigenvalue weighted by Gasteiger charge is -2.07. The summed E-state index contributed by atoms with van der Waals surface area (Å²) in [7, 11) is 0. The molecule has 2 N–H and O–H groups in total. The van der Waals surface area contributed by atoms with Gasteiger partial charge >= 0.3 is 0 Å². The van der Waals surface area contributed by atoms with Gasteiger partial charge in [-0.1, -0.05) is 5.16 Å². The highest BCUT2D eigenvalue weighted by molar-refractivity contribution is 6.06. The van der Waals surface area contributed by atoms with Crippen LogP contribution < -0.4 is 14.8 Å². The van der Waals surface area contributed by atoms with Crippen molar-refractivity contribution in [2.75, 3.05) is 13.2 Å². The number of oxime groups is 1. The molecule has 1 aromatic rings. The number of amides is 1. The molecule has 1 aliphatic heterocycles. The van der Waals surface area contributed by atoms with Crippen molar-refractivity contribution >= 4 is 11.6 Å². The average molecular weight is 262 g/mol. The molecule has 3 rings (SSSR count). The van der Waals surface area contributed by atoms with Crippen molar-refractivity contribution in [2.45, 2.75) is 18.9 Å². The fourth-order valence-corrected chi connectivity index (χ4v) is 1.90. The van der Waals surface area contributed by atoms with Gasteiger partial charge in [0.15, 0.2) is 6.61 Å². The van der Waals surface area contributed by atoms with E-state index >= 15 is 0 Å². The Morgan fingerprint density at radius 1 is 1.53 bits per heavy atom. The van der Waals surface area contributed by atoms with Gasteiger partial charge in [-0.05, 0) is 25.0 Å². The van der Waals surface area contributed by atoms with Gasteiger partial charge in [0, 0.05) is 17.7 Å². The lowest BCUT2D eigenvalue weighted by Crippen LogP contribution is -2.30. The van der Waals surface area contributed by atoms with Crippen molar-refractivity contribution in [1.29, 1.82) is 0 Å². The summed E-state index contributed by atoms with van der Waals surface area (Å²) in [5.74, 6) is 1.05. The van der Waals surface area contributed by atoms with Crippen molar-refractivity contribution in [1.82, 2.24) is 5.32 Å². The second-order valence-electron chi connectivity index (χ2n) is 4.62. The van der Waals surface area contributed by atoms with E-state index in [0.29, 0.717) is 23.3 Å². The van der Waals surface area contributed by atoms with Gasteiger partial charge in [0.2, 0.25) is 0 Å². The predicted molar refractivity (Wildman–Crippen MR) is 66.9 cm³/mol. The van der Waals surface area contributed by atoms with Crippen molar-refractivity contribution in [3.63, 3.8) is 0 Å². The molecule has 1 aliphatic carbocycles. The monoisotopic (exact) mass is 262 g/mol. The smallest absolute Gasteiger partial charge is 0.258 e. The van der Waals surface area contributed by atoms with Gasteiger partial charge in [-0.25, -0.2) is 0 Å². The van der Waals surface area contributed by atoms with E-state index in [1.807, 2.05) is 0 Å². The van der Waals surface area contributed by atoms with Gasteiger partial charge in [0.1, 0.15) is 23.8 Å². The molecule has 1 fully saturated rings. The van der Waals surface area contributed by atoms with Crippen LogP contribution in [0.2, 0.25) is 0 Å². The number of rotatable bonds is 4. The number of hydrogen-bond acceptors (Lipinski definition) is 5. The van der Waals surface area contributed by atoms with Crippen LogP contribution in [-0.4, -0.2) is 36.1 Å². The van der Waals surface area contributed by atoms with E-state index in [1.54, 1.807) is 18.2 Å². The molecule has 1 heterocycles. The van der Waals surface area contributed by atoms with Crippen LogP contribution >= 0.6 is 0 Å². The van der Waals surface area contributed by atoms with E-state index < -0.39 is 0 Å². The molecule has 0 aromatic heterocycles. The van der Waals surface area contributed by atoms with Crippen LogP contribution in [0.4, 0.5) is 0 Å². The number of nitrogens with one attached hydrogen (secondary N) is 1. The fraction of sp³-hybridized carbons (Fsp3) is 0.385. The third-order valence-corrected chi connectivity index (χ3v) is 3.06. The van der Waals surface area contributed by atoms with Crippen LogP contribution in [0, 0.1) is 0 Å². The molecule has 0 bridgehead atoms. The Kier molecular flexibility index (Phi) is 2.98. The molecule has 2 aliphatic rings. The number of fused-ring (bicyclic) bond motifs is 1. The molecule has 1 amide bonds. The number of ether oxygens (including phenoxy) is 2. The Balaban J connectivity index is 1.61. The zero-order valence-corrected chi connectivity index (χ0v) is 10.3. The largest absolute Gasteiger partial charge is 0.486 e. The fourth-order valence-electron chi connectivity index (χ4n) is 1.90. The lowest BCUT2D eigenvalue weighted by molar-refractivity contribution is -0.123. The van der Waals surface area contributed by atoms with Crippen molar-refractivity contribution in [3.8, 4) is 11.5 Å². The molecule has 6 nitrogen and oxygen atoms in total. The number of nitrogens with zero attached hydrogens (tertiary/aromatic N) is 1. The highest BCUT2D eigenvalue weighted by Gasteiger charge is 2.24. The van der Waals surface area contributed by atoms with E-state index in [-0.39, 0.29) is 19.1 Å². The minimum Gasteiger partial charge on any atom is -0.486 e. The molecule has 0 unspecified atom stereocenters. The van der Waals surface area contributed by atoms with Crippen LogP contribution in [0.1, 0.15) is 18.4 Å². The first-order chi connectivity index (χ1) is 9.26. The van der Waals surface area contributed by atoms with Gasteiger partial charge in [0.05, 0.1) is 0 Å². The molecule has 0 radical (unpaired) electrons. The first kappa shape index (κ1) is 11.8. The minimum atomic E-state index is -0.110. The second-order valence-corrected chi connectivity index (χ2v) is 4.62. The first-order valence-electron chi connectivity index (χ1n) is 6.16. The van der Waals surface area contributed by atoms with Gasteiger partial charge in [-0.3, -0.25) is 4.79 Å². The number of carbonyl (C=O) groups is 1. The summed E-state index contributed by atoms with van der Waals surface area (Å²) in [5.41, 5.74) is 1.24. The zero-order chi connectivity index (χ0) is 13.2. The summed E-state index contributed by atoms with van der Waals surface area (Å²) in [6.45, 7) is 0.244. The number of carbonyl (C=O) groups excluding carboxylic acids is 1. The van der Waals surface area contributed by atoms with E-state index in [4.69, 9.17) is 14.7 Å². The molecule has 100 valence electrons. The third-order valence-electron chi connectivity index (χ3n) is 3.06. The summed E-state index contributed by atoms with van der Waals surface area (Å²) < 4.78 is 10.7. The van der Waals surface area contributed by atoms with Gasteiger partial charge in [-0.15, -0.1) is 0 Å². The molecule has 19 heavy (non-hydrogen) atoms. The first-order valence-corrected chi connectivity index (χ1v) is 6.16. The van der Waals surface area contributed by atoms with Gasteiger partial charge < -0.3 is 20.0 Å². The Bertz CT molecular complexity index is 537. The summed E-state index contributed by atoms with van der Waals surface area (Å²) in [4.78, 5) is 11.5. The molecule has 0 spiro atoms. The Morgan fingerprint density at radius 2 is 2.37 bits per heavy atom. The molecule has 1 saturated carbocycles. The molecule has 0 atom stereocenters. The van der Waals surface area contributed by atoms with Gasteiger partial charge in [-0.2, -0.15) is 0 Å². The normalized spacial score (nSPS) is 18.8. The van der Waals surface area contributed by atoms with Crippen molar-refractivity contribution in [3.05, 3.63) is 23.8 Å². The molecular weight excluding hydrogens is 248 g/mol. The maximum Gasteiger partial charge on any atom is 0.258 e. The zero-order valence-electron chi connectivity index (χ0n) is 10.3. The van der Waals surface area contributed by atoms with Crippen LogP contribution in [0.15, 0.2) is 23.4 Å². The summed E-state index contributed by atoms with van der Waals surface area (Å²) >= 11 is 0. The SMILES string of the molecule is O=C(COc1ccc2c(c1)OCC2=NO)NC1CC1. The quantitative estimate of drug-likeness (QED) is 0.624. The van der Waals surface area contributed by atoms with E-state index in [0.717, 1.165) is 18.4 Å². The summed E-state index contributed by atoms with van der Waals surface area (Å²) in [6, 6.07) is 5.51. The standard InChI is InChI=1S/C13H14N2O4/c16-13(14-8-1-2-8)7-18-9-3-4-10-11(15-17)6-19-12(10)5-9/h3-5,8,17H,1-2,6-7H2,(H,14,16). The van der Waals surface area contributed by atoms with Crippen molar-refractivity contribution in [2.24, 2.45) is 5.16 Å². The maximum absolute atomic E-state index is 11.5.